The van der Waals surface area contributed by atoms with Gasteiger partial charge in [-0.2, -0.15) is 0 Å². The SMILES string of the molecule is O=C(NCc1ccccc1)C1CCCN1Cc1cccc(Cl)c1Cl. The first-order chi connectivity index (χ1) is 11.6. The first kappa shape index (κ1) is 17.3. The Balaban J connectivity index is 1.62. The minimum Gasteiger partial charge on any atom is -0.351 e. The van der Waals surface area contributed by atoms with Crippen molar-refractivity contribution in [2.75, 3.05) is 6.54 Å². The summed E-state index contributed by atoms with van der Waals surface area (Å²) in [4.78, 5) is 14.7. The highest BCUT2D eigenvalue weighted by atomic mass is 35.5. The molecule has 1 fully saturated rings. The van der Waals surface area contributed by atoms with Crippen molar-refractivity contribution in [2.24, 2.45) is 0 Å². The third-order valence-electron chi connectivity index (χ3n) is 4.38. The first-order valence-electron chi connectivity index (χ1n) is 8.14. The Morgan fingerprint density at radius 3 is 2.71 bits per heavy atom. The monoisotopic (exact) mass is 362 g/mol. The molecule has 1 saturated heterocycles. The number of nitrogens with one attached hydrogen (secondary N) is 1. The third-order valence-corrected chi connectivity index (χ3v) is 5.24. The zero-order chi connectivity index (χ0) is 16.9. The largest absolute Gasteiger partial charge is 0.351 e. The summed E-state index contributed by atoms with van der Waals surface area (Å²) in [7, 11) is 0. The number of carbonyl (C=O) groups is 1. The van der Waals surface area contributed by atoms with E-state index in [0.29, 0.717) is 23.1 Å². The number of halogens is 2. The smallest absolute Gasteiger partial charge is 0.237 e. The Kier molecular flexibility index (Phi) is 5.77. The van der Waals surface area contributed by atoms with Crippen LogP contribution in [0.15, 0.2) is 48.5 Å². The van der Waals surface area contributed by atoms with Crippen LogP contribution in [0.5, 0.6) is 0 Å². The van der Waals surface area contributed by atoms with Crippen molar-refractivity contribution in [1.29, 1.82) is 0 Å². The van der Waals surface area contributed by atoms with Crippen LogP contribution in [-0.2, 0) is 17.9 Å². The van der Waals surface area contributed by atoms with Gasteiger partial charge in [-0.25, -0.2) is 0 Å². The van der Waals surface area contributed by atoms with Gasteiger partial charge in [0.25, 0.3) is 0 Å². The van der Waals surface area contributed by atoms with E-state index in [1.165, 1.54) is 0 Å². The van der Waals surface area contributed by atoms with Gasteiger partial charge in [-0.05, 0) is 36.6 Å². The van der Waals surface area contributed by atoms with Gasteiger partial charge in [0.1, 0.15) is 0 Å². The van der Waals surface area contributed by atoms with E-state index in [1.807, 2.05) is 42.5 Å². The van der Waals surface area contributed by atoms with Crippen LogP contribution in [0.25, 0.3) is 0 Å². The molecule has 126 valence electrons. The molecular weight excluding hydrogens is 343 g/mol. The van der Waals surface area contributed by atoms with E-state index in [9.17, 15) is 4.79 Å². The number of hydrogen-bond acceptors (Lipinski definition) is 2. The molecule has 2 aromatic carbocycles. The van der Waals surface area contributed by atoms with Gasteiger partial charge in [-0.15, -0.1) is 0 Å². The Bertz CT molecular complexity index is 706. The molecule has 1 amide bonds. The predicted molar refractivity (Wildman–Crippen MR) is 98.2 cm³/mol. The molecule has 0 saturated carbocycles. The summed E-state index contributed by atoms with van der Waals surface area (Å²) >= 11 is 12.4. The molecule has 0 spiro atoms. The fraction of sp³-hybridized carbons (Fsp3) is 0.316. The molecule has 0 bridgehead atoms. The Morgan fingerprint density at radius 1 is 1.12 bits per heavy atom. The zero-order valence-corrected chi connectivity index (χ0v) is 14.9. The summed E-state index contributed by atoms with van der Waals surface area (Å²) in [6.07, 6.45) is 1.89. The van der Waals surface area contributed by atoms with E-state index in [4.69, 9.17) is 23.2 Å². The second-order valence-corrected chi connectivity index (χ2v) is 6.83. The van der Waals surface area contributed by atoms with Crippen LogP contribution in [0.1, 0.15) is 24.0 Å². The summed E-state index contributed by atoms with van der Waals surface area (Å²) in [5, 5.41) is 4.18. The summed E-state index contributed by atoms with van der Waals surface area (Å²) in [5.74, 6) is 0.0782. The van der Waals surface area contributed by atoms with E-state index in [1.54, 1.807) is 6.07 Å². The molecule has 3 nitrogen and oxygen atoms in total. The molecule has 1 atom stereocenters. The molecule has 2 aromatic rings. The lowest BCUT2D eigenvalue weighted by Gasteiger charge is -2.24. The van der Waals surface area contributed by atoms with Crippen LogP contribution >= 0.6 is 23.2 Å². The standard InChI is InChI=1S/C19H20Cl2N2O/c20-16-9-4-8-15(18(16)21)13-23-11-5-10-17(23)19(24)22-12-14-6-2-1-3-7-14/h1-4,6-9,17H,5,10-13H2,(H,22,24). The highest BCUT2D eigenvalue weighted by Gasteiger charge is 2.30. The second-order valence-electron chi connectivity index (χ2n) is 6.04. The Morgan fingerprint density at radius 2 is 1.92 bits per heavy atom. The number of carbonyl (C=O) groups excluding carboxylic acids is 1. The van der Waals surface area contributed by atoms with Gasteiger partial charge in [0.05, 0.1) is 16.1 Å². The van der Waals surface area contributed by atoms with Gasteiger partial charge >= 0.3 is 0 Å². The molecule has 1 N–H and O–H groups in total. The Hall–Kier alpha value is -1.55. The van der Waals surface area contributed by atoms with Crippen LogP contribution in [0.4, 0.5) is 0 Å². The number of amides is 1. The van der Waals surface area contributed by atoms with E-state index < -0.39 is 0 Å². The summed E-state index contributed by atoms with van der Waals surface area (Å²) in [5.41, 5.74) is 2.07. The number of benzene rings is 2. The molecule has 5 heteroatoms. The molecule has 1 heterocycles. The number of nitrogens with zero attached hydrogens (tertiary/aromatic N) is 1. The van der Waals surface area contributed by atoms with Crippen molar-refractivity contribution in [2.45, 2.75) is 32.0 Å². The first-order valence-corrected chi connectivity index (χ1v) is 8.89. The maximum atomic E-state index is 12.6. The fourth-order valence-electron chi connectivity index (χ4n) is 3.10. The van der Waals surface area contributed by atoms with Crippen LogP contribution in [0.3, 0.4) is 0 Å². The molecule has 24 heavy (non-hydrogen) atoms. The quantitative estimate of drug-likeness (QED) is 0.860. The molecule has 0 aliphatic carbocycles. The number of hydrogen-bond donors (Lipinski definition) is 1. The summed E-state index contributed by atoms with van der Waals surface area (Å²) < 4.78 is 0. The molecular formula is C19H20Cl2N2O. The maximum absolute atomic E-state index is 12.6. The normalized spacial score (nSPS) is 17.8. The molecule has 1 aliphatic rings. The van der Waals surface area contributed by atoms with Gasteiger partial charge in [0.2, 0.25) is 5.91 Å². The van der Waals surface area contributed by atoms with Crippen LogP contribution in [0, 0.1) is 0 Å². The third kappa shape index (κ3) is 4.10. The van der Waals surface area contributed by atoms with E-state index in [-0.39, 0.29) is 11.9 Å². The van der Waals surface area contributed by atoms with E-state index in [0.717, 1.165) is 30.5 Å². The highest BCUT2D eigenvalue weighted by Crippen LogP contribution is 2.29. The lowest BCUT2D eigenvalue weighted by Crippen LogP contribution is -2.42. The zero-order valence-electron chi connectivity index (χ0n) is 13.3. The number of likely N-dealkylation sites (tertiary alicyclic amines) is 1. The van der Waals surface area contributed by atoms with Gasteiger partial charge in [0, 0.05) is 13.1 Å². The van der Waals surface area contributed by atoms with Crippen molar-refractivity contribution in [3.05, 3.63) is 69.7 Å². The molecule has 0 aromatic heterocycles. The van der Waals surface area contributed by atoms with Crippen LogP contribution in [-0.4, -0.2) is 23.4 Å². The van der Waals surface area contributed by atoms with Crippen molar-refractivity contribution < 1.29 is 4.79 Å². The van der Waals surface area contributed by atoms with Crippen molar-refractivity contribution in [3.63, 3.8) is 0 Å². The van der Waals surface area contributed by atoms with Crippen LogP contribution in [0.2, 0.25) is 10.0 Å². The highest BCUT2D eigenvalue weighted by molar-refractivity contribution is 6.42. The molecule has 0 radical (unpaired) electrons. The van der Waals surface area contributed by atoms with E-state index in [2.05, 4.69) is 10.2 Å². The second kappa shape index (κ2) is 8.02. The lowest BCUT2D eigenvalue weighted by atomic mass is 10.1. The summed E-state index contributed by atoms with van der Waals surface area (Å²) in [6.45, 7) is 2.09. The van der Waals surface area contributed by atoms with Gasteiger partial charge in [-0.1, -0.05) is 65.7 Å². The molecule has 1 unspecified atom stereocenters. The minimum atomic E-state index is -0.108. The average Bonchev–Trinajstić information content (AvgIpc) is 3.06. The van der Waals surface area contributed by atoms with Crippen molar-refractivity contribution in [3.8, 4) is 0 Å². The Labute approximate surface area is 152 Å². The summed E-state index contributed by atoms with van der Waals surface area (Å²) in [6, 6.07) is 15.5. The molecule has 1 aliphatic heterocycles. The van der Waals surface area contributed by atoms with Gasteiger partial charge < -0.3 is 5.32 Å². The lowest BCUT2D eigenvalue weighted by molar-refractivity contribution is -0.125. The van der Waals surface area contributed by atoms with Crippen molar-refractivity contribution in [1.82, 2.24) is 10.2 Å². The predicted octanol–water partition coefficient (Wildman–Crippen LogP) is 4.27. The van der Waals surface area contributed by atoms with Gasteiger partial charge in [-0.3, -0.25) is 9.69 Å². The van der Waals surface area contributed by atoms with Gasteiger partial charge in [0.15, 0.2) is 0 Å². The average molecular weight is 363 g/mol. The van der Waals surface area contributed by atoms with Crippen molar-refractivity contribution >= 4 is 29.1 Å². The number of rotatable bonds is 5. The maximum Gasteiger partial charge on any atom is 0.237 e. The van der Waals surface area contributed by atoms with Crippen LogP contribution < -0.4 is 5.32 Å². The molecule has 3 rings (SSSR count). The van der Waals surface area contributed by atoms with E-state index >= 15 is 0 Å². The topological polar surface area (TPSA) is 32.3 Å². The minimum absolute atomic E-state index is 0.0782. The fourth-order valence-corrected chi connectivity index (χ4v) is 3.48.